The molecular weight excluding hydrogens is 500 g/mol. The second kappa shape index (κ2) is 14.1. The summed E-state index contributed by atoms with van der Waals surface area (Å²) in [6.07, 6.45) is 12.5. The summed E-state index contributed by atoms with van der Waals surface area (Å²) in [6.45, 7) is 0.651. The van der Waals surface area contributed by atoms with Crippen LogP contribution in [-0.2, 0) is 19.2 Å². The summed E-state index contributed by atoms with van der Waals surface area (Å²) in [5.41, 5.74) is -0.650. The number of alkyl halides is 1. The molecule has 2 aliphatic carbocycles. The highest BCUT2D eigenvalue weighted by molar-refractivity contribution is 6.18. The molecule has 37 heavy (non-hydrogen) atoms. The Morgan fingerprint density at radius 2 is 1.57 bits per heavy atom. The number of amides is 2. The van der Waals surface area contributed by atoms with Crippen LogP contribution in [0, 0.1) is 22.2 Å². The van der Waals surface area contributed by atoms with Crippen molar-refractivity contribution in [3.63, 3.8) is 0 Å². The van der Waals surface area contributed by atoms with E-state index in [1.165, 1.54) is 0 Å². The van der Waals surface area contributed by atoms with Crippen molar-refractivity contribution < 1.29 is 24.0 Å². The maximum Gasteiger partial charge on any atom is 0.379 e. The summed E-state index contributed by atoms with van der Waals surface area (Å²) >= 11 is 5.82. The van der Waals surface area contributed by atoms with Gasteiger partial charge in [-0.25, -0.2) is 14.4 Å². The minimum absolute atomic E-state index is 0.0388. The summed E-state index contributed by atoms with van der Waals surface area (Å²) in [4.78, 5) is 58.4. The van der Waals surface area contributed by atoms with Crippen molar-refractivity contribution in [3.05, 3.63) is 17.1 Å². The number of urea groups is 1. The molecule has 0 saturated heterocycles. The molecule has 0 aromatic carbocycles. The first-order chi connectivity index (χ1) is 17.8. The van der Waals surface area contributed by atoms with Gasteiger partial charge in [-0.15, -0.1) is 21.6 Å². The molecule has 0 radical (unpaired) electrons. The number of hydrogen-bond donors (Lipinski definition) is 0. The van der Waals surface area contributed by atoms with Crippen molar-refractivity contribution in [2.45, 2.75) is 83.3 Å². The molecule has 2 amide bonds. The number of hydroxylamine groups is 2. The number of cyclic esters (lactones) is 1. The lowest BCUT2D eigenvalue weighted by Crippen LogP contribution is -2.61. The summed E-state index contributed by atoms with van der Waals surface area (Å²) in [5, 5.41) is 4.27. The SMILES string of the molecule is CN(C)CCCC(C1CCCCC1)(C1CCCCC1)C1OC(=O)/C=C\C(=O)ON1C(=O)N(CCCl)N=O. The molecule has 1 atom stereocenters. The number of carbonyl (C=O) groups is 3. The van der Waals surface area contributed by atoms with Gasteiger partial charge in [0.25, 0.3) is 0 Å². The maximum absolute atomic E-state index is 13.6. The molecule has 0 spiro atoms. The lowest BCUT2D eigenvalue weighted by molar-refractivity contribution is -0.264. The fourth-order valence-electron chi connectivity index (χ4n) is 6.59. The Bertz CT molecular complexity index is 808. The van der Waals surface area contributed by atoms with Crippen molar-refractivity contribution in [1.29, 1.82) is 0 Å². The van der Waals surface area contributed by atoms with Crippen molar-refractivity contribution in [3.8, 4) is 0 Å². The maximum atomic E-state index is 13.6. The van der Waals surface area contributed by atoms with Crippen molar-refractivity contribution >= 4 is 29.6 Å². The number of nitroso groups, excluding NO2 is 1. The summed E-state index contributed by atoms with van der Waals surface area (Å²) in [5.74, 6) is -1.32. The Hall–Kier alpha value is -2.20. The van der Waals surface area contributed by atoms with E-state index in [-0.39, 0.29) is 24.3 Å². The average Bonchev–Trinajstić information content (AvgIpc) is 2.90. The number of halogens is 1. The third-order valence-corrected chi connectivity index (χ3v) is 8.36. The highest BCUT2D eigenvalue weighted by Crippen LogP contribution is 2.55. The molecule has 0 N–H and O–H groups in total. The molecule has 0 aromatic heterocycles. The highest BCUT2D eigenvalue weighted by Gasteiger charge is 2.57. The molecule has 1 unspecified atom stereocenters. The second-order valence-corrected chi connectivity index (χ2v) is 11.1. The molecule has 3 aliphatic rings. The van der Waals surface area contributed by atoms with E-state index in [0.717, 1.165) is 94.4 Å². The van der Waals surface area contributed by atoms with Crippen LogP contribution >= 0.6 is 11.6 Å². The van der Waals surface area contributed by atoms with Crippen LogP contribution in [0.1, 0.15) is 77.0 Å². The first-order valence-electron chi connectivity index (χ1n) is 13.6. The lowest BCUT2D eigenvalue weighted by atomic mass is 9.55. The highest BCUT2D eigenvalue weighted by atomic mass is 35.5. The zero-order valence-corrected chi connectivity index (χ0v) is 22.9. The molecule has 11 heteroatoms. The second-order valence-electron chi connectivity index (χ2n) is 10.7. The molecule has 2 saturated carbocycles. The minimum atomic E-state index is -1.19. The van der Waals surface area contributed by atoms with E-state index in [1.807, 2.05) is 14.1 Å². The number of ether oxygens (including phenoxy) is 1. The van der Waals surface area contributed by atoms with E-state index in [4.69, 9.17) is 21.2 Å². The zero-order chi connectivity index (χ0) is 26.8. The van der Waals surface area contributed by atoms with Crippen molar-refractivity contribution in [1.82, 2.24) is 15.0 Å². The Kier molecular flexibility index (Phi) is 11.2. The van der Waals surface area contributed by atoms with Crippen LogP contribution in [0.15, 0.2) is 17.4 Å². The van der Waals surface area contributed by atoms with E-state index in [0.29, 0.717) is 11.4 Å². The van der Waals surface area contributed by atoms with E-state index >= 15 is 0 Å². The minimum Gasteiger partial charge on any atom is -0.434 e. The number of hydrogen-bond acceptors (Lipinski definition) is 8. The van der Waals surface area contributed by atoms with Crippen LogP contribution in [0.5, 0.6) is 0 Å². The molecule has 0 bridgehead atoms. The van der Waals surface area contributed by atoms with E-state index in [2.05, 4.69) is 10.2 Å². The Morgan fingerprint density at radius 1 is 1.00 bits per heavy atom. The fourth-order valence-corrected chi connectivity index (χ4v) is 6.75. The van der Waals surface area contributed by atoms with Gasteiger partial charge in [0.2, 0.25) is 6.23 Å². The van der Waals surface area contributed by atoms with Gasteiger partial charge in [-0.2, -0.15) is 5.01 Å². The van der Waals surface area contributed by atoms with Crippen LogP contribution < -0.4 is 0 Å². The van der Waals surface area contributed by atoms with Crippen LogP contribution in [0.3, 0.4) is 0 Å². The predicted octanol–water partition coefficient (Wildman–Crippen LogP) is 5.02. The number of rotatable bonds is 10. The fraction of sp³-hybridized carbons (Fsp3) is 0.808. The smallest absolute Gasteiger partial charge is 0.379 e. The Labute approximate surface area is 224 Å². The van der Waals surface area contributed by atoms with E-state index in [1.54, 1.807) is 0 Å². The van der Waals surface area contributed by atoms with Gasteiger partial charge < -0.3 is 14.5 Å². The monoisotopic (exact) mass is 540 g/mol. The first-order valence-corrected chi connectivity index (χ1v) is 14.1. The molecule has 2 fully saturated rings. The average molecular weight is 541 g/mol. The lowest BCUT2D eigenvalue weighted by Gasteiger charge is -2.54. The van der Waals surface area contributed by atoms with Gasteiger partial charge in [0.15, 0.2) is 0 Å². The van der Waals surface area contributed by atoms with E-state index < -0.39 is 29.6 Å². The number of nitrogens with zero attached hydrogens (tertiary/aromatic N) is 4. The van der Waals surface area contributed by atoms with Gasteiger partial charge in [-0.3, -0.25) is 0 Å². The Balaban J connectivity index is 2.17. The van der Waals surface area contributed by atoms with Crippen LogP contribution in [0.4, 0.5) is 4.79 Å². The topological polar surface area (TPSA) is 109 Å². The van der Waals surface area contributed by atoms with Gasteiger partial charge in [0.05, 0.1) is 11.8 Å². The van der Waals surface area contributed by atoms with Crippen LogP contribution in [-0.4, -0.2) is 72.2 Å². The predicted molar refractivity (Wildman–Crippen MR) is 139 cm³/mol. The van der Waals surface area contributed by atoms with Gasteiger partial charge in [0, 0.05) is 23.4 Å². The van der Waals surface area contributed by atoms with Crippen LogP contribution in [0.25, 0.3) is 0 Å². The number of esters is 1. The standard InChI is InChI=1S/C26H41ClN4O6/c1-29(2)18-9-16-26(20-10-5-3-6-11-20,21-12-7-4-8-13-21)24-31(25(34)30(28-35)19-17-27)37-23(33)15-14-22(32)36-24/h14-15,20-21,24H,3-13,16-19H2,1-2H3/b15-14-. The Morgan fingerprint density at radius 3 is 2.08 bits per heavy atom. The third-order valence-electron chi connectivity index (χ3n) is 8.19. The third kappa shape index (κ3) is 7.22. The number of carbonyl (C=O) groups excluding carboxylic acids is 3. The summed E-state index contributed by atoms with van der Waals surface area (Å²) in [7, 11) is 4.03. The summed E-state index contributed by atoms with van der Waals surface area (Å²) < 4.78 is 6.06. The molecule has 0 aromatic rings. The molecule has 1 heterocycles. The van der Waals surface area contributed by atoms with Crippen molar-refractivity contribution in [2.24, 2.45) is 22.5 Å². The van der Waals surface area contributed by atoms with Gasteiger partial charge >= 0.3 is 18.0 Å². The normalized spacial score (nSPS) is 23.1. The van der Waals surface area contributed by atoms with Crippen LogP contribution in [0.2, 0.25) is 0 Å². The first kappa shape index (κ1) is 29.4. The van der Waals surface area contributed by atoms with E-state index in [9.17, 15) is 19.3 Å². The van der Waals surface area contributed by atoms with Gasteiger partial charge in [-0.1, -0.05) is 38.5 Å². The molecular formula is C26H41ClN4O6. The molecule has 3 rings (SSSR count). The van der Waals surface area contributed by atoms with Gasteiger partial charge in [0.1, 0.15) is 0 Å². The largest absolute Gasteiger partial charge is 0.434 e. The summed E-state index contributed by atoms with van der Waals surface area (Å²) in [6, 6.07) is -0.958. The molecule has 10 nitrogen and oxygen atoms in total. The quantitative estimate of drug-likeness (QED) is 0.166. The zero-order valence-electron chi connectivity index (χ0n) is 22.1. The molecule has 208 valence electrons. The van der Waals surface area contributed by atoms with Crippen molar-refractivity contribution in [2.75, 3.05) is 33.1 Å². The van der Waals surface area contributed by atoms with Gasteiger partial charge in [-0.05, 0) is 71.0 Å². The molecule has 1 aliphatic heterocycles.